The normalized spacial score (nSPS) is 17.4. The van der Waals surface area contributed by atoms with Crippen molar-refractivity contribution >= 4 is 33.1 Å². The highest BCUT2D eigenvalue weighted by molar-refractivity contribution is 6.12. The molecule has 1 aromatic heterocycles. The van der Waals surface area contributed by atoms with Crippen LogP contribution in [-0.4, -0.2) is 40.4 Å². The van der Waals surface area contributed by atoms with Gasteiger partial charge in [-0.15, -0.1) is 0 Å². The summed E-state index contributed by atoms with van der Waals surface area (Å²) in [5, 5.41) is 11.9. The number of H-pyrrole nitrogens is 1. The number of aryl methyl sites for hydroxylation is 1. The van der Waals surface area contributed by atoms with E-state index in [0.29, 0.717) is 5.92 Å². The zero-order valence-corrected chi connectivity index (χ0v) is 23.7. The van der Waals surface area contributed by atoms with E-state index < -0.39 is 0 Å². The predicted octanol–water partition coefficient (Wildman–Crippen LogP) is 8.29. The predicted molar refractivity (Wildman–Crippen MR) is 168 cm³/mol. The molecule has 1 atom stereocenters. The number of hydrogen-bond donors (Lipinski definition) is 1. The SMILES string of the molecule is CCc1cc(-c2ccc3[nH]nc(C4=Nc5cccc(CCN6CCCC6)c5CC4CC)c3c2)c2ccccc2c1. The van der Waals surface area contributed by atoms with Crippen LogP contribution in [0.1, 0.15) is 55.5 Å². The standard InChI is InChI=1S/C36H38N4/c1-3-24-20-27-10-5-6-12-29(27)30(21-24)28-14-15-34-32(23-28)36(39-38-34)35-25(4-2)22-31-26(11-9-13-33(31)37-35)16-19-40-17-7-8-18-40/h5-6,9-15,20-21,23,25H,3-4,7-8,16-19,22H2,1-2H3,(H,38,39). The number of fused-ring (bicyclic) bond motifs is 3. The van der Waals surface area contributed by atoms with E-state index in [1.165, 1.54) is 64.5 Å². The lowest BCUT2D eigenvalue weighted by molar-refractivity contribution is 0.343. The number of benzene rings is 4. The van der Waals surface area contributed by atoms with Crippen molar-refractivity contribution in [2.24, 2.45) is 10.9 Å². The lowest BCUT2D eigenvalue weighted by Gasteiger charge is -2.26. The average molecular weight is 527 g/mol. The van der Waals surface area contributed by atoms with E-state index in [2.05, 4.69) is 96.6 Å². The van der Waals surface area contributed by atoms with Crippen molar-refractivity contribution in [2.75, 3.05) is 19.6 Å². The highest BCUT2D eigenvalue weighted by Crippen LogP contribution is 2.37. The van der Waals surface area contributed by atoms with Gasteiger partial charge < -0.3 is 4.90 Å². The van der Waals surface area contributed by atoms with Gasteiger partial charge in [0.2, 0.25) is 0 Å². The van der Waals surface area contributed by atoms with Crippen molar-refractivity contribution in [2.45, 2.75) is 52.4 Å². The molecule has 3 heterocycles. The molecule has 1 unspecified atom stereocenters. The molecular formula is C36H38N4. The summed E-state index contributed by atoms with van der Waals surface area (Å²) in [4.78, 5) is 7.94. The molecule has 2 aliphatic rings. The summed E-state index contributed by atoms with van der Waals surface area (Å²) in [6, 6.07) is 26.9. The van der Waals surface area contributed by atoms with Crippen molar-refractivity contribution in [1.82, 2.24) is 15.1 Å². The van der Waals surface area contributed by atoms with Crippen LogP contribution in [-0.2, 0) is 19.3 Å². The van der Waals surface area contributed by atoms with E-state index in [9.17, 15) is 0 Å². The molecule has 4 heteroatoms. The molecule has 4 aromatic carbocycles. The van der Waals surface area contributed by atoms with Gasteiger partial charge in [0.25, 0.3) is 0 Å². The number of rotatable bonds is 7. The minimum Gasteiger partial charge on any atom is -0.303 e. The molecule has 0 saturated carbocycles. The summed E-state index contributed by atoms with van der Waals surface area (Å²) in [6.45, 7) is 8.18. The third-order valence-corrected chi connectivity index (χ3v) is 9.16. The molecule has 40 heavy (non-hydrogen) atoms. The number of nitrogens with zero attached hydrogens (tertiary/aromatic N) is 3. The van der Waals surface area contributed by atoms with Gasteiger partial charge in [-0.25, -0.2) is 0 Å². The summed E-state index contributed by atoms with van der Waals surface area (Å²) in [6.07, 6.45) is 6.92. The molecule has 0 radical (unpaired) electrons. The van der Waals surface area contributed by atoms with Gasteiger partial charge in [-0.1, -0.05) is 68.4 Å². The molecule has 7 rings (SSSR count). The van der Waals surface area contributed by atoms with Crippen LogP contribution in [0.4, 0.5) is 5.69 Å². The summed E-state index contributed by atoms with van der Waals surface area (Å²) < 4.78 is 0. The Morgan fingerprint density at radius 3 is 2.62 bits per heavy atom. The molecule has 202 valence electrons. The molecular weight excluding hydrogens is 488 g/mol. The molecule has 4 nitrogen and oxygen atoms in total. The second-order valence-corrected chi connectivity index (χ2v) is 11.6. The Balaban J connectivity index is 1.30. The Labute approximate surface area is 237 Å². The molecule has 0 bridgehead atoms. The molecule has 0 spiro atoms. The zero-order valence-electron chi connectivity index (χ0n) is 23.7. The largest absolute Gasteiger partial charge is 0.303 e. The maximum Gasteiger partial charge on any atom is 0.114 e. The van der Waals surface area contributed by atoms with E-state index in [1.807, 2.05) is 0 Å². The van der Waals surface area contributed by atoms with E-state index >= 15 is 0 Å². The van der Waals surface area contributed by atoms with Crippen molar-refractivity contribution in [3.63, 3.8) is 0 Å². The maximum atomic E-state index is 5.33. The first-order valence-electron chi connectivity index (χ1n) is 15.1. The first kappa shape index (κ1) is 25.2. The average Bonchev–Trinajstić information content (AvgIpc) is 3.68. The summed E-state index contributed by atoms with van der Waals surface area (Å²) >= 11 is 0. The van der Waals surface area contributed by atoms with Crippen LogP contribution < -0.4 is 0 Å². The van der Waals surface area contributed by atoms with Crippen LogP contribution >= 0.6 is 0 Å². The molecule has 0 amide bonds. The second kappa shape index (κ2) is 10.7. The number of aliphatic imine (C=N–C) groups is 1. The van der Waals surface area contributed by atoms with Gasteiger partial charge in [-0.3, -0.25) is 10.1 Å². The quantitative estimate of drug-likeness (QED) is 0.232. The van der Waals surface area contributed by atoms with Crippen LogP contribution in [0.2, 0.25) is 0 Å². The zero-order chi connectivity index (χ0) is 27.1. The Hall–Kier alpha value is -3.76. The maximum absolute atomic E-state index is 5.33. The first-order valence-corrected chi connectivity index (χ1v) is 15.1. The van der Waals surface area contributed by atoms with Crippen LogP contribution in [0.3, 0.4) is 0 Å². The van der Waals surface area contributed by atoms with Gasteiger partial charge in [0.05, 0.1) is 16.9 Å². The van der Waals surface area contributed by atoms with E-state index in [0.717, 1.165) is 60.2 Å². The van der Waals surface area contributed by atoms with Gasteiger partial charge in [-0.2, -0.15) is 5.10 Å². The minimum absolute atomic E-state index is 0.361. The molecule has 2 aliphatic heterocycles. The first-order chi connectivity index (χ1) is 19.7. The van der Waals surface area contributed by atoms with Crippen LogP contribution in [0, 0.1) is 5.92 Å². The fourth-order valence-corrected chi connectivity index (χ4v) is 6.82. The smallest absolute Gasteiger partial charge is 0.114 e. The summed E-state index contributed by atoms with van der Waals surface area (Å²) in [7, 11) is 0. The third kappa shape index (κ3) is 4.54. The van der Waals surface area contributed by atoms with Crippen molar-refractivity contribution in [3.05, 3.63) is 95.2 Å². The number of likely N-dealkylation sites (tertiary alicyclic amines) is 1. The fourth-order valence-electron chi connectivity index (χ4n) is 6.82. The highest BCUT2D eigenvalue weighted by Gasteiger charge is 2.28. The summed E-state index contributed by atoms with van der Waals surface area (Å²) in [5.74, 6) is 0.361. The molecule has 5 aromatic rings. The van der Waals surface area contributed by atoms with Crippen LogP contribution in [0.5, 0.6) is 0 Å². The van der Waals surface area contributed by atoms with Crippen molar-refractivity contribution in [3.8, 4) is 11.1 Å². The minimum atomic E-state index is 0.361. The lowest BCUT2D eigenvalue weighted by atomic mass is 9.84. The molecule has 1 saturated heterocycles. The van der Waals surface area contributed by atoms with Gasteiger partial charge in [0.1, 0.15) is 5.69 Å². The third-order valence-electron chi connectivity index (χ3n) is 9.16. The van der Waals surface area contributed by atoms with E-state index in [-0.39, 0.29) is 0 Å². The molecule has 1 fully saturated rings. The summed E-state index contributed by atoms with van der Waals surface area (Å²) in [5.41, 5.74) is 11.1. The van der Waals surface area contributed by atoms with Crippen LogP contribution in [0.15, 0.2) is 77.8 Å². The number of aromatic amines is 1. The topological polar surface area (TPSA) is 44.3 Å². The van der Waals surface area contributed by atoms with Crippen molar-refractivity contribution < 1.29 is 0 Å². The molecule has 0 aliphatic carbocycles. The highest BCUT2D eigenvalue weighted by atomic mass is 15.1. The van der Waals surface area contributed by atoms with E-state index in [1.54, 1.807) is 0 Å². The number of hydrogen-bond acceptors (Lipinski definition) is 3. The van der Waals surface area contributed by atoms with Gasteiger partial charge in [-0.05, 0) is 108 Å². The fraction of sp³-hybridized carbons (Fsp3) is 0.333. The van der Waals surface area contributed by atoms with Gasteiger partial charge in [0, 0.05) is 17.8 Å². The Kier molecular flexibility index (Phi) is 6.73. The Bertz CT molecular complexity index is 1720. The number of aromatic nitrogens is 2. The molecule has 1 N–H and O–H groups in total. The van der Waals surface area contributed by atoms with Gasteiger partial charge >= 0.3 is 0 Å². The second-order valence-electron chi connectivity index (χ2n) is 11.6. The number of nitrogens with one attached hydrogen (secondary N) is 1. The van der Waals surface area contributed by atoms with E-state index in [4.69, 9.17) is 10.1 Å². The van der Waals surface area contributed by atoms with Crippen LogP contribution in [0.25, 0.3) is 32.8 Å². The van der Waals surface area contributed by atoms with Gasteiger partial charge in [0.15, 0.2) is 0 Å². The Morgan fingerprint density at radius 1 is 0.900 bits per heavy atom. The Morgan fingerprint density at radius 2 is 1.77 bits per heavy atom. The monoisotopic (exact) mass is 526 g/mol. The lowest BCUT2D eigenvalue weighted by Crippen LogP contribution is -2.25. The van der Waals surface area contributed by atoms with Crippen molar-refractivity contribution in [1.29, 1.82) is 0 Å².